The highest BCUT2D eigenvalue weighted by atomic mass is 127. The quantitative estimate of drug-likeness (QED) is 0.820. The summed E-state index contributed by atoms with van der Waals surface area (Å²) < 4.78 is 6.54. The topological polar surface area (TPSA) is 55.6 Å². The maximum absolute atomic E-state index is 11.7. The van der Waals surface area contributed by atoms with Crippen LogP contribution in [0.4, 0.5) is 0 Å². The third-order valence-electron chi connectivity index (χ3n) is 2.57. The lowest BCUT2D eigenvalue weighted by molar-refractivity contribution is -0.133. The van der Waals surface area contributed by atoms with Crippen molar-refractivity contribution in [3.05, 3.63) is 27.8 Å². The molecule has 0 radical (unpaired) electrons. The highest BCUT2D eigenvalue weighted by molar-refractivity contribution is 14.1. The van der Waals surface area contributed by atoms with Crippen LogP contribution in [0.15, 0.2) is 24.3 Å². The lowest BCUT2D eigenvalue weighted by Crippen LogP contribution is -2.42. The van der Waals surface area contributed by atoms with E-state index in [9.17, 15) is 4.79 Å². The second kappa shape index (κ2) is 6.80. The molecule has 0 spiro atoms. The van der Waals surface area contributed by atoms with Crippen LogP contribution in [0.1, 0.15) is 6.92 Å². The molecule has 0 aliphatic rings. The molecule has 0 aliphatic carbocycles. The van der Waals surface area contributed by atoms with E-state index in [4.69, 9.17) is 10.5 Å². The van der Waals surface area contributed by atoms with E-state index in [0.29, 0.717) is 12.3 Å². The summed E-state index contributed by atoms with van der Waals surface area (Å²) in [5.41, 5.74) is 5.50. The van der Waals surface area contributed by atoms with Gasteiger partial charge in [0.2, 0.25) is 0 Å². The maximum Gasteiger partial charge on any atom is 0.260 e. The Morgan fingerprint density at radius 2 is 2.06 bits per heavy atom. The second-order valence-corrected chi connectivity index (χ2v) is 5.08. The van der Waals surface area contributed by atoms with Gasteiger partial charge in [-0.05, 0) is 53.8 Å². The van der Waals surface area contributed by atoms with Crippen LogP contribution in [0.3, 0.4) is 0 Å². The van der Waals surface area contributed by atoms with E-state index in [-0.39, 0.29) is 18.6 Å². The van der Waals surface area contributed by atoms with Gasteiger partial charge in [0.15, 0.2) is 6.61 Å². The van der Waals surface area contributed by atoms with E-state index in [0.717, 1.165) is 3.57 Å². The molecule has 1 atom stereocenters. The first-order valence-electron chi connectivity index (χ1n) is 5.38. The Morgan fingerprint density at radius 3 is 2.59 bits per heavy atom. The van der Waals surface area contributed by atoms with Crippen molar-refractivity contribution in [1.82, 2.24) is 4.90 Å². The van der Waals surface area contributed by atoms with Crippen LogP contribution in [0.2, 0.25) is 0 Å². The second-order valence-electron chi connectivity index (χ2n) is 3.83. The van der Waals surface area contributed by atoms with Gasteiger partial charge in [-0.15, -0.1) is 0 Å². The van der Waals surface area contributed by atoms with Crippen molar-refractivity contribution in [3.8, 4) is 5.75 Å². The number of carbonyl (C=O) groups is 1. The first kappa shape index (κ1) is 14.2. The molecule has 2 N–H and O–H groups in total. The van der Waals surface area contributed by atoms with E-state index in [1.807, 2.05) is 31.2 Å². The van der Waals surface area contributed by atoms with Crippen molar-refractivity contribution in [2.24, 2.45) is 5.73 Å². The molecule has 17 heavy (non-hydrogen) atoms. The highest BCUT2D eigenvalue weighted by Gasteiger charge is 2.14. The van der Waals surface area contributed by atoms with Crippen LogP contribution in [-0.4, -0.2) is 37.0 Å². The number of halogens is 1. The van der Waals surface area contributed by atoms with E-state index < -0.39 is 0 Å². The minimum Gasteiger partial charge on any atom is -0.484 e. The summed E-state index contributed by atoms with van der Waals surface area (Å²) in [5.74, 6) is 0.633. The van der Waals surface area contributed by atoms with Crippen LogP contribution in [0.5, 0.6) is 5.75 Å². The number of rotatable bonds is 5. The summed E-state index contributed by atoms with van der Waals surface area (Å²) in [6.07, 6.45) is 0. The van der Waals surface area contributed by atoms with Crippen LogP contribution in [0, 0.1) is 3.57 Å². The molecule has 1 aromatic rings. The Labute approximate surface area is 115 Å². The predicted molar refractivity (Wildman–Crippen MR) is 75.9 cm³/mol. The van der Waals surface area contributed by atoms with Crippen LogP contribution in [0.25, 0.3) is 0 Å². The summed E-state index contributed by atoms with van der Waals surface area (Å²) in [6.45, 7) is 2.40. The van der Waals surface area contributed by atoms with E-state index >= 15 is 0 Å². The molecule has 0 fully saturated rings. The molecule has 5 heteroatoms. The number of nitrogens with two attached hydrogens (primary N) is 1. The fourth-order valence-electron chi connectivity index (χ4n) is 1.18. The van der Waals surface area contributed by atoms with Crippen molar-refractivity contribution in [2.45, 2.75) is 13.0 Å². The van der Waals surface area contributed by atoms with Gasteiger partial charge in [-0.1, -0.05) is 0 Å². The van der Waals surface area contributed by atoms with E-state index in [2.05, 4.69) is 22.6 Å². The lowest BCUT2D eigenvalue weighted by Gasteiger charge is -2.23. The van der Waals surface area contributed by atoms with Gasteiger partial charge in [-0.25, -0.2) is 0 Å². The van der Waals surface area contributed by atoms with E-state index in [1.54, 1.807) is 11.9 Å². The number of nitrogens with zero attached hydrogens (tertiary/aromatic N) is 1. The zero-order chi connectivity index (χ0) is 12.8. The third kappa shape index (κ3) is 4.51. The smallest absolute Gasteiger partial charge is 0.260 e. The minimum atomic E-state index is -0.0681. The minimum absolute atomic E-state index is 0.0304. The summed E-state index contributed by atoms with van der Waals surface area (Å²) in [7, 11) is 1.73. The molecular weight excluding hydrogens is 331 g/mol. The Balaban J connectivity index is 2.45. The Kier molecular flexibility index (Phi) is 5.70. The van der Waals surface area contributed by atoms with Crippen molar-refractivity contribution in [1.29, 1.82) is 0 Å². The third-order valence-corrected chi connectivity index (χ3v) is 3.29. The Hall–Kier alpha value is -0.820. The molecular formula is C12H17IN2O2. The molecule has 0 heterocycles. The van der Waals surface area contributed by atoms with Crippen molar-refractivity contribution in [3.63, 3.8) is 0 Å². The number of hydrogen-bond donors (Lipinski definition) is 1. The van der Waals surface area contributed by atoms with Gasteiger partial charge >= 0.3 is 0 Å². The van der Waals surface area contributed by atoms with Crippen molar-refractivity contribution in [2.75, 3.05) is 20.2 Å². The van der Waals surface area contributed by atoms with Crippen LogP contribution >= 0.6 is 22.6 Å². The lowest BCUT2D eigenvalue weighted by atomic mass is 10.3. The molecule has 0 aliphatic heterocycles. The van der Waals surface area contributed by atoms with Gasteiger partial charge in [0.1, 0.15) is 5.75 Å². The molecule has 1 aromatic carbocycles. The van der Waals surface area contributed by atoms with Gasteiger partial charge in [0.25, 0.3) is 5.91 Å². The molecule has 1 unspecified atom stereocenters. The SMILES string of the molecule is CC(CN)N(C)C(=O)COc1ccc(I)cc1. The predicted octanol–water partition coefficient (Wildman–Crippen LogP) is 1.48. The largest absolute Gasteiger partial charge is 0.484 e. The number of hydrogen-bond acceptors (Lipinski definition) is 3. The average molecular weight is 348 g/mol. The fourth-order valence-corrected chi connectivity index (χ4v) is 1.54. The van der Waals surface area contributed by atoms with Gasteiger partial charge in [0.05, 0.1) is 0 Å². The standard InChI is InChI=1S/C12H17IN2O2/c1-9(7-14)15(2)12(16)8-17-11-5-3-10(13)4-6-11/h3-6,9H,7-8,14H2,1-2H3. The van der Waals surface area contributed by atoms with Crippen molar-refractivity contribution >= 4 is 28.5 Å². The van der Waals surface area contributed by atoms with Gasteiger partial charge in [0, 0.05) is 23.2 Å². The first-order valence-corrected chi connectivity index (χ1v) is 6.46. The summed E-state index contributed by atoms with van der Waals surface area (Å²) in [5, 5.41) is 0. The van der Waals surface area contributed by atoms with Crippen LogP contribution in [-0.2, 0) is 4.79 Å². The fraction of sp³-hybridized carbons (Fsp3) is 0.417. The van der Waals surface area contributed by atoms with E-state index in [1.165, 1.54) is 0 Å². The molecule has 0 saturated heterocycles. The number of ether oxygens (including phenoxy) is 1. The molecule has 4 nitrogen and oxygen atoms in total. The zero-order valence-corrected chi connectivity index (χ0v) is 12.2. The molecule has 0 aromatic heterocycles. The number of carbonyl (C=O) groups excluding carboxylic acids is 1. The first-order chi connectivity index (χ1) is 8.04. The normalized spacial score (nSPS) is 12.0. The summed E-state index contributed by atoms with van der Waals surface area (Å²) >= 11 is 2.22. The average Bonchev–Trinajstić information content (AvgIpc) is 2.35. The van der Waals surface area contributed by atoms with Gasteiger partial charge in [-0.3, -0.25) is 4.79 Å². The molecule has 0 saturated carbocycles. The number of amides is 1. The van der Waals surface area contributed by atoms with Gasteiger partial charge < -0.3 is 15.4 Å². The number of benzene rings is 1. The molecule has 1 amide bonds. The molecule has 1 rings (SSSR count). The van der Waals surface area contributed by atoms with Crippen molar-refractivity contribution < 1.29 is 9.53 Å². The molecule has 0 bridgehead atoms. The monoisotopic (exact) mass is 348 g/mol. The number of likely N-dealkylation sites (N-methyl/N-ethyl adjacent to an activating group) is 1. The van der Waals surface area contributed by atoms with Gasteiger partial charge in [-0.2, -0.15) is 0 Å². The summed E-state index contributed by atoms with van der Waals surface area (Å²) in [6, 6.07) is 7.60. The highest BCUT2D eigenvalue weighted by Crippen LogP contribution is 2.13. The molecule has 94 valence electrons. The Morgan fingerprint density at radius 1 is 1.47 bits per heavy atom. The zero-order valence-electron chi connectivity index (χ0n) is 10.0. The Bertz CT molecular complexity index is 367. The maximum atomic E-state index is 11.7. The van der Waals surface area contributed by atoms with Crippen LogP contribution < -0.4 is 10.5 Å². The summed E-state index contributed by atoms with van der Waals surface area (Å²) in [4.78, 5) is 13.3.